The zero-order valence-electron chi connectivity index (χ0n) is 10.4. The molecule has 1 aromatic carbocycles. The molecule has 0 atom stereocenters. The summed E-state index contributed by atoms with van der Waals surface area (Å²) >= 11 is 5.26. The Morgan fingerprint density at radius 3 is 1.80 bits per heavy atom. The van der Waals surface area contributed by atoms with Crippen LogP contribution in [0.2, 0.25) is 0 Å². The Kier molecular flexibility index (Phi) is 4.50. The fraction of sp³-hybridized carbons (Fsp3) is 0.333. The van der Waals surface area contributed by atoms with Crippen LogP contribution in [0.1, 0.15) is 0 Å². The number of nitro benzene ring substituents is 2. The Morgan fingerprint density at radius 1 is 1.15 bits per heavy atom. The number of nitro groups is 2. The molecule has 0 fully saturated rings. The summed E-state index contributed by atoms with van der Waals surface area (Å²) in [6.07, 6.45) is 0. The molecule has 1 rings (SSSR count). The van der Waals surface area contributed by atoms with E-state index in [0.717, 1.165) is 12.1 Å². The molecule has 0 amide bonds. The molecule has 0 aromatic heterocycles. The molecular formula is C9H10ClN3O6S. The second kappa shape index (κ2) is 5.59. The van der Waals surface area contributed by atoms with Crippen molar-refractivity contribution in [1.29, 1.82) is 0 Å². The molecule has 0 N–H and O–H groups in total. The molecule has 1 aromatic rings. The van der Waals surface area contributed by atoms with Crippen molar-refractivity contribution >= 4 is 38.5 Å². The van der Waals surface area contributed by atoms with Crippen LogP contribution in [-0.4, -0.2) is 37.6 Å². The van der Waals surface area contributed by atoms with Gasteiger partial charge in [-0.25, -0.2) is 8.42 Å². The summed E-state index contributed by atoms with van der Waals surface area (Å²) in [5, 5.41) is 21.2. The SMILES string of the molecule is CN(C)c1c([N+](=O)[O-])cc(S(=O)(=O)CCl)cc1[N+](=O)[O-]. The minimum atomic E-state index is -4.01. The molecule has 0 saturated carbocycles. The fourth-order valence-corrected chi connectivity index (χ4v) is 2.64. The first kappa shape index (κ1) is 16.1. The van der Waals surface area contributed by atoms with E-state index in [1.165, 1.54) is 19.0 Å². The molecule has 0 unspecified atom stereocenters. The van der Waals surface area contributed by atoms with Gasteiger partial charge < -0.3 is 4.90 Å². The Hall–Kier alpha value is -1.94. The third kappa shape index (κ3) is 2.96. The van der Waals surface area contributed by atoms with Crippen molar-refractivity contribution < 1.29 is 18.3 Å². The number of sulfone groups is 1. The predicted molar refractivity (Wildman–Crippen MR) is 72.0 cm³/mol. The van der Waals surface area contributed by atoms with E-state index in [1.54, 1.807) is 0 Å². The molecule has 0 spiro atoms. The lowest BCUT2D eigenvalue weighted by atomic mass is 10.2. The Morgan fingerprint density at radius 2 is 1.55 bits per heavy atom. The number of hydrogen-bond donors (Lipinski definition) is 0. The first-order chi connectivity index (χ1) is 9.11. The van der Waals surface area contributed by atoms with Gasteiger partial charge >= 0.3 is 11.4 Å². The molecule has 0 heterocycles. The molecule has 0 bridgehead atoms. The number of nitrogens with zero attached hydrogens (tertiary/aromatic N) is 3. The summed E-state index contributed by atoms with van der Waals surface area (Å²) in [6.45, 7) is 0. The smallest absolute Gasteiger partial charge is 0.300 e. The number of hydrogen-bond acceptors (Lipinski definition) is 7. The van der Waals surface area contributed by atoms with Crippen LogP contribution in [0.15, 0.2) is 17.0 Å². The van der Waals surface area contributed by atoms with Gasteiger partial charge in [0.25, 0.3) is 0 Å². The van der Waals surface area contributed by atoms with Gasteiger partial charge in [0.05, 0.1) is 14.7 Å². The highest BCUT2D eigenvalue weighted by atomic mass is 35.5. The van der Waals surface area contributed by atoms with Crippen LogP contribution in [0.4, 0.5) is 17.1 Å². The molecule has 0 aliphatic heterocycles. The first-order valence-electron chi connectivity index (χ1n) is 5.04. The third-order valence-corrected chi connectivity index (χ3v) is 4.49. The highest BCUT2D eigenvalue weighted by molar-refractivity contribution is 7.92. The summed E-state index contributed by atoms with van der Waals surface area (Å²) < 4.78 is 23.3. The van der Waals surface area contributed by atoms with Gasteiger partial charge in [-0.3, -0.25) is 20.2 Å². The van der Waals surface area contributed by atoms with E-state index in [1.807, 2.05) is 0 Å². The number of alkyl halides is 1. The topological polar surface area (TPSA) is 124 Å². The van der Waals surface area contributed by atoms with E-state index in [9.17, 15) is 28.6 Å². The average molecular weight is 324 g/mol. The third-order valence-electron chi connectivity index (χ3n) is 2.39. The molecule has 0 saturated heterocycles. The molecule has 0 radical (unpaired) electrons. The van der Waals surface area contributed by atoms with E-state index in [2.05, 4.69) is 0 Å². The monoisotopic (exact) mass is 323 g/mol. The fourth-order valence-electron chi connectivity index (χ4n) is 1.56. The number of rotatable bonds is 5. The molecule has 0 aliphatic rings. The standard InChI is InChI=1S/C9H10ClN3O6S/c1-11(2)9-7(12(14)15)3-6(20(18,19)5-10)4-8(9)13(16)17/h3-4H,5H2,1-2H3. The van der Waals surface area contributed by atoms with Crippen LogP contribution in [-0.2, 0) is 9.84 Å². The maximum absolute atomic E-state index is 11.6. The zero-order chi connectivity index (χ0) is 15.7. The van der Waals surface area contributed by atoms with Gasteiger partial charge in [-0.2, -0.15) is 0 Å². The maximum atomic E-state index is 11.6. The zero-order valence-corrected chi connectivity index (χ0v) is 12.0. The van der Waals surface area contributed by atoms with Gasteiger partial charge in [0.1, 0.15) is 5.21 Å². The van der Waals surface area contributed by atoms with Gasteiger partial charge in [-0.05, 0) is 0 Å². The Labute approximate surface area is 119 Å². The molecule has 9 nitrogen and oxygen atoms in total. The lowest BCUT2D eigenvalue weighted by Crippen LogP contribution is -2.15. The van der Waals surface area contributed by atoms with Gasteiger partial charge in [-0.15, -0.1) is 11.6 Å². The lowest BCUT2D eigenvalue weighted by molar-refractivity contribution is -0.392. The molecule has 0 aliphatic carbocycles. The van der Waals surface area contributed by atoms with E-state index in [4.69, 9.17) is 11.6 Å². The van der Waals surface area contributed by atoms with Crippen LogP contribution < -0.4 is 4.90 Å². The molecular weight excluding hydrogens is 314 g/mol. The van der Waals surface area contributed by atoms with Crippen molar-refractivity contribution in [1.82, 2.24) is 0 Å². The van der Waals surface area contributed by atoms with Crippen molar-refractivity contribution in [3.63, 3.8) is 0 Å². The average Bonchev–Trinajstić information content (AvgIpc) is 2.36. The van der Waals surface area contributed by atoms with Gasteiger partial charge in [-0.1, -0.05) is 0 Å². The van der Waals surface area contributed by atoms with Crippen molar-refractivity contribution in [2.45, 2.75) is 4.90 Å². The Balaban J connectivity index is 3.82. The van der Waals surface area contributed by atoms with Crippen molar-refractivity contribution in [2.24, 2.45) is 0 Å². The maximum Gasteiger partial charge on any atom is 0.300 e. The largest absolute Gasteiger partial charge is 0.366 e. The summed E-state index contributed by atoms with van der Waals surface area (Å²) in [5.41, 5.74) is -1.63. The lowest BCUT2D eigenvalue weighted by Gasteiger charge is -2.13. The summed E-state index contributed by atoms with van der Waals surface area (Å²) in [5.74, 6) is 0. The van der Waals surface area contributed by atoms with Crippen molar-refractivity contribution in [2.75, 3.05) is 24.2 Å². The molecule has 110 valence electrons. The molecule has 11 heteroatoms. The van der Waals surface area contributed by atoms with E-state index < -0.39 is 41.2 Å². The van der Waals surface area contributed by atoms with Crippen molar-refractivity contribution in [3.8, 4) is 0 Å². The minimum absolute atomic E-state index is 0.284. The van der Waals surface area contributed by atoms with Gasteiger partial charge in [0.2, 0.25) is 0 Å². The molecule has 20 heavy (non-hydrogen) atoms. The van der Waals surface area contributed by atoms with Crippen LogP contribution in [0.3, 0.4) is 0 Å². The van der Waals surface area contributed by atoms with E-state index in [0.29, 0.717) is 0 Å². The number of halogens is 1. The summed E-state index contributed by atoms with van der Waals surface area (Å²) in [6, 6.07) is 1.53. The number of anilines is 1. The van der Waals surface area contributed by atoms with E-state index >= 15 is 0 Å². The van der Waals surface area contributed by atoms with Crippen LogP contribution >= 0.6 is 11.6 Å². The van der Waals surface area contributed by atoms with Gasteiger partial charge in [0, 0.05) is 26.2 Å². The summed E-state index contributed by atoms with van der Waals surface area (Å²) in [4.78, 5) is 20.9. The predicted octanol–water partition coefficient (Wildman–Crippen LogP) is 1.54. The highest BCUT2D eigenvalue weighted by Crippen LogP contribution is 2.39. The first-order valence-corrected chi connectivity index (χ1v) is 7.23. The number of benzene rings is 1. The van der Waals surface area contributed by atoms with Crippen LogP contribution in [0.5, 0.6) is 0 Å². The second-order valence-electron chi connectivity index (χ2n) is 3.94. The Bertz CT molecular complexity index is 637. The quantitative estimate of drug-likeness (QED) is 0.457. The van der Waals surface area contributed by atoms with Crippen molar-refractivity contribution in [3.05, 3.63) is 32.4 Å². The minimum Gasteiger partial charge on any atom is -0.366 e. The normalized spacial score (nSPS) is 11.2. The second-order valence-corrected chi connectivity index (χ2v) is 6.52. The van der Waals surface area contributed by atoms with Crippen LogP contribution in [0, 0.1) is 20.2 Å². The van der Waals surface area contributed by atoms with E-state index in [-0.39, 0.29) is 5.69 Å². The summed E-state index contributed by atoms with van der Waals surface area (Å²) in [7, 11) is -1.25. The van der Waals surface area contributed by atoms with Crippen LogP contribution in [0.25, 0.3) is 0 Å². The highest BCUT2D eigenvalue weighted by Gasteiger charge is 2.31. The van der Waals surface area contributed by atoms with Gasteiger partial charge in [0.15, 0.2) is 15.5 Å².